The van der Waals surface area contributed by atoms with Crippen LogP contribution in [0.3, 0.4) is 0 Å². The number of benzene rings is 1. The van der Waals surface area contributed by atoms with Crippen LogP contribution in [0.4, 0.5) is 28.0 Å². The summed E-state index contributed by atoms with van der Waals surface area (Å²) in [5, 5.41) is 13.3. The van der Waals surface area contributed by atoms with Crippen LogP contribution in [0.5, 0.6) is 0 Å². The van der Waals surface area contributed by atoms with Crippen molar-refractivity contribution in [2.24, 2.45) is 0 Å². The monoisotopic (exact) mass is 294 g/mol. The Morgan fingerprint density at radius 1 is 1.40 bits per heavy atom. The Kier molecular flexibility index (Phi) is 5.32. The lowest BCUT2D eigenvalue weighted by Gasteiger charge is -2.14. The van der Waals surface area contributed by atoms with E-state index in [0.717, 1.165) is 12.1 Å². The summed E-state index contributed by atoms with van der Waals surface area (Å²) >= 11 is 0. The number of halogens is 4. The van der Waals surface area contributed by atoms with E-state index < -0.39 is 35.4 Å². The largest absolute Gasteiger partial charge is 0.418 e. The number of alkyl halides is 3. The molecule has 0 saturated heterocycles. The molecule has 2 amide bonds. The lowest BCUT2D eigenvalue weighted by Crippen LogP contribution is -2.31. The van der Waals surface area contributed by atoms with Crippen molar-refractivity contribution in [3.05, 3.63) is 29.6 Å². The van der Waals surface area contributed by atoms with Crippen molar-refractivity contribution in [2.45, 2.75) is 25.6 Å². The van der Waals surface area contributed by atoms with Crippen LogP contribution < -0.4 is 10.6 Å². The normalized spacial score (nSPS) is 12.9. The van der Waals surface area contributed by atoms with Crippen LogP contribution in [-0.2, 0) is 6.18 Å². The minimum Gasteiger partial charge on any atom is -0.393 e. The molecule has 0 spiro atoms. The van der Waals surface area contributed by atoms with Gasteiger partial charge in [-0.3, -0.25) is 0 Å². The average molecular weight is 294 g/mol. The van der Waals surface area contributed by atoms with Gasteiger partial charge in [-0.05, 0) is 31.5 Å². The zero-order valence-corrected chi connectivity index (χ0v) is 10.6. The van der Waals surface area contributed by atoms with Crippen molar-refractivity contribution in [1.29, 1.82) is 0 Å². The van der Waals surface area contributed by atoms with Gasteiger partial charge in [0.05, 0.1) is 17.4 Å². The first-order chi connectivity index (χ1) is 9.20. The van der Waals surface area contributed by atoms with Gasteiger partial charge in [0.1, 0.15) is 5.82 Å². The second-order valence-electron chi connectivity index (χ2n) is 4.21. The highest BCUT2D eigenvalue weighted by Crippen LogP contribution is 2.35. The van der Waals surface area contributed by atoms with Crippen molar-refractivity contribution < 1.29 is 27.5 Å². The molecular weight excluding hydrogens is 280 g/mol. The summed E-state index contributed by atoms with van der Waals surface area (Å²) in [6.45, 7) is 1.62. The molecule has 20 heavy (non-hydrogen) atoms. The zero-order valence-electron chi connectivity index (χ0n) is 10.6. The molecule has 0 aliphatic rings. The second-order valence-corrected chi connectivity index (χ2v) is 4.21. The maximum Gasteiger partial charge on any atom is 0.418 e. The number of aliphatic hydroxyl groups excluding tert-OH is 1. The highest BCUT2D eigenvalue weighted by Gasteiger charge is 2.34. The lowest BCUT2D eigenvalue weighted by molar-refractivity contribution is -0.137. The maximum absolute atomic E-state index is 12.9. The van der Waals surface area contributed by atoms with Crippen molar-refractivity contribution in [1.82, 2.24) is 5.32 Å². The van der Waals surface area contributed by atoms with E-state index in [-0.39, 0.29) is 13.0 Å². The smallest absolute Gasteiger partial charge is 0.393 e. The number of rotatable bonds is 4. The minimum atomic E-state index is -4.77. The van der Waals surface area contributed by atoms with Gasteiger partial charge in [0.15, 0.2) is 0 Å². The molecule has 0 fully saturated rings. The SMILES string of the molecule is CC(O)CCNC(=O)Nc1ccc(F)cc1C(F)(F)F. The van der Waals surface area contributed by atoms with Gasteiger partial charge < -0.3 is 15.7 Å². The number of amides is 2. The van der Waals surface area contributed by atoms with E-state index in [0.29, 0.717) is 6.07 Å². The molecular formula is C12H14F4N2O2. The molecule has 3 N–H and O–H groups in total. The van der Waals surface area contributed by atoms with E-state index in [2.05, 4.69) is 5.32 Å². The Hall–Kier alpha value is -1.83. The van der Waals surface area contributed by atoms with E-state index >= 15 is 0 Å². The highest BCUT2D eigenvalue weighted by molar-refractivity contribution is 5.90. The molecule has 0 aliphatic heterocycles. The molecule has 1 atom stereocenters. The molecule has 1 unspecified atom stereocenters. The van der Waals surface area contributed by atoms with Crippen LogP contribution in [0.1, 0.15) is 18.9 Å². The first-order valence-corrected chi connectivity index (χ1v) is 5.80. The van der Waals surface area contributed by atoms with Crippen LogP contribution in [0.2, 0.25) is 0 Å². The van der Waals surface area contributed by atoms with Crippen molar-refractivity contribution in [3.8, 4) is 0 Å². The quantitative estimate of drug-likeness (QED) is 0.748. The van der Waals surface area contributed by atoms with Crippen LogP contribution in [0.15, 0.2) is 18.2 Å². The van der Waals surface area contributed by atoms with Gasteiger partial charge in [-0.15, -0.1) is 0 Å². The molecule has 0 radical (unpaired) electrons. The summed E-state index contributed by atoms with van der Waals surface area (Å²) in [6, 6.07) is 1.11. The summed E-state index contributed by atoms with van der Waals surface area (Å²) < 4.78 is 50.8. The zero-order chi connectivity index (χ0) is 15.3. The van der Waals surface area contributed by atoms with Crippen molar-refractivity contribution >= 4 is 11.7 Å². The summed E-state index contributed by atoms with van der Waals surface area (Å²) in [7, 11) is 0. The topological polar surface area (TPSA) is 61.4 Å². The lowest BCUT2D eigenvalue weighted by atomic mass is 10.1. The second kappa shape index (κ2) is 6.56. The van der Waals surface area contributed by atoms with Gasteiger partial charge in [0.25, 0.3) is 0 Å². The summed E-state index contributed by atoms with van der Waals surface area (Å²) in [6.07, 6.45) is -5.14. The number of carbonyl (C=O) groups excluding carboxylic acids is 1. The Morgan fingerprint density at radius 2 is 2.05 bits per heavy atom. The van der Waals surface area contributed by atoms with E-state index in [1.165, 1.54) is 6.92 Å². The first kappa shape index (κ1) is 16.2. The van der Waals surface area contributed by atoms with Gasteiger partial charge in [-0.2, -0.15) is 13.2 Å². The molecule has 4 nitrogen and oxygen atoms in total. The van der Waals surface area contributed by atoms with Crippen molar-refractivity contribution in [3.63, 3.8) is 0 Å². The number of anilines is 1. The number of urea groups is 1. The van der Waals surface area contributed by atoms with E-state index in [1.54, 1.807) is 0 Å². The fraction of sp³-hybridized carbons (Fsp3) is 0.417. The minimum absolute atomic E-state index is 0.103. The van der Waals surface area contributed by atoms with Crippen LogP contribution in [0, 0.1) is 5.82 Å². The predicted octanol–water partition coefficient (Wildman–Crippen LogP) is 2.74. The number of aliphatic hydroxyl groups is 1. The van der Waals surface area contributed by atoms with Crippen LogP contribution >= 0.6 is 0 Å². The highest BCUT2D eigenvalue weighted by atomic mass is 19.4. The summed E-state index contributed by atoms with van der Waals surface area (Å²) in [5.41, 5.74) is -1.79. The molecule has 0 saturated carbocycles. The van der Waals surface area contributed by atoms with E-state index in [9.17, 15) is 22.4 Å². The first-order valence-electron chi connectivity index (χ1n) is 5.80. The predicted molar refractivity (Wildman–Crippen MR) is 64.7 cm³/mol. The molecule has 1 aromatic carbocycles. The van der Waals surface area contributed by atoms with Gasteiger partial charge in [-0.25, -0.2) is 9.18 Å². The third-order valence-corrected chi connectivity index (χ3v) is 2.38. The summed E-state index contributed by atoms with van der Waals surface area (Å²) in [4.78, 5) is 11.4. The molecule has 1 rings (SSSR count). The number of nitrogens with one attached hydrogen (secondary N) is 2. The standard InChI is InChI=1S/C12H14F4N2O2/c1-7(19)4-5-17-11(20)18-10-3-2-8(13)6-9(10)12(14,15)16/h2-3,6-7,19H,4-5H2,1H3,(H2,17,18,20). The fourth-order valence-corrected chi connectivity index (χ4v) is 1.42. The molecule has 112 valence electrons. The van der Waals surface area contributed by atoms with E-state index in [1.807, 2.05) is 5.32 Å². The average Bonchev–Trinajstić information content (AvgIpc) is 2.29. The number of hydrogen-bond acceptors (Lipinski definition) is 2. The van der Waals surface area contributed by atoms with Crippen molar-refractivity contribution in [2.75, 3.05) is 11.9 Å². The Balaban J connectivity index is 2.75. The Labute approximate surface area is 112 Å². The molecule has 0 heterocycles. The molecule has 8 heteroatoms. The third-order valence-electron chi connectivity index (χ3n) is 2.38. The third kappa shape index (κ3) is 5.04. The van der Waals surface area contributed by atoms with E-state index in [4.69, 9.17) is 5.11 Å². The van der Waals surface area contributed by atoms with Gasteiger partial charge in [0.2, 0.25) is 0 Å². The fourth-order valence-electron chi connectivity index (χ4n) is 1.42. The summed E-state index contributed by atoms with van der Waals surface area (Å²) in [5.74, 6) is -1.04. The molecule has 0 aliphatic carbocycles. The molecule has 0 bridgehead atoms. The molecule has 1 aromatic rings. The van der Waals surface area contributed by atoms with Crippen LogP contribution in [0.25, 0.3) is 0 Å². The Morgan fingerprint density at radius 3 is 2.60 bits per heavy atom. The number of carbonyl (C=O) groups is 1. The van der Waals surface area contributed by atoms with Gasteiger partial charge in [-0.1, -0.05) is 0 Å². The number of hydrogen-bond donors (Lipinski definition) is 3. The molecule has 0 aromatic heterocycles. The maximum atomic E-state index is 12.9. The van der Waals surface area contributed by atoms with Crippen LogP contribution in [-0.4, -0.2) is 23.8 Å². The van der Waals surface area contributed by atoms with Gasteiger partial charge in [0, 0.05) is 6.54 Å². The Bertz CT molecular complexity index is 475. The van der Waals surface area contributed by atoms with Gasteiger partial charge >= 0.3 is 12.2 Å².